The number of hydrogen-bond donors (Lipinski definition) is 2. The minimum Gasteiger partial charge on any atom is -0.368 e. The summed E-state index contributed by atoms with van der Waals surface area (Å²) >= 11 is 0. The number of piperazine rings is 1. The second kappa shape index (κ2) is 7.89. The third kappa shape index (κ3) is 4.01. The van der Waals surface area contributed by atoms with Gasteiger partial charge in [-0.3, -0.25) is 5.01 Å². The van der Waals surface area contributed by atoms with Crippen molar-refractivity contribution in [1.29, 1.82) is 0 Å². The summed E-state index contributed by atoms with van der Waals surface area (Å²) in [6.07, 6.45) is 6.80. The van der Waals surface area contributed by atoms with E-state index < -0.39 is 0 Å². The molecule has 1 fully saturated rings. The highest BCUT2D eigenvalue weighted by Gasteiger charge is 2.17. The fraction of sp³-hybridized carbons (Fsp3) is 0.421. The number of likely N-dealkylation sites (N-methyl/N-ethyl adjacent to an activating group) is 1. The Labute approximate surface area is 159 Å². The van der Waals surface area contributed by atoms with Crippen LogP contribution >= 0.6 is 0 Å². The Morgan fingerprint density at radius 3 is 2.70 bits per heavy atom. The van der Waals surface area contributed by atoms with E-state index in [1.54, 1.807) is 6.20 Å². The number of pyridine rings is 1. The van der Waals surface area contributed by atoms with Crippen LogP contribution in [0.5, 0.6) is 0 Å². The predicted molar refractivity (Wildman–Crippen MR) is 108 cm³/mol. The number of nitrogens with zero attached hydrogens (tertiary/aromatic N) is 6. The first-order valence-corrected chi connectivity index (χ1v) is 9.45. The summed E-state index contributed by atoms with van der Waals surface area (Å²) in [5.74, 6) is 2.11. The Morgan fingerprint density at radius 2 is 1.96 bits per heavy atom. The van der Waals surface area contributed by atoms with Gasteiger partial charge in [0.15, 0.2) is 5.82 Å². The van der Waals surface area contributed by atoms with Crippen molar-refractivity contribution >= 4 is 23.3 Å². The molecule has 0 saturated carbocycles. The molecule has 2 aromatic heterocycles. The van der Waals surface area contributed by atoms with Gasteiger partial charge >= 0.3 is 0 Å². The third-order valence-electron chi connectivity index (χ3n) is 4.96. The van der Waals surface area contributed by atoms with Crippen molar-refractivity contribution in [2.75, 3.05) is 55.0 Å². The van der Waals surface area contributed by atoms with Crippen LogP contribution in [0.1, 0.15) is 13.3 Å². The van der Waals surface area contributed by atoms with Gasteiger partial charge in [-0.2, -0.15) is 4.98 Å². The predicted octanol–water partition coefficient (Wildman–Crippen LogP) is 1.99. The molecular formula is C19H26N8. The van der Waals surface area contributed by atoms with Gasteiger partial charge in [0.05, 0.1) is 11.9 Å². The summed E-state index contributed by atoms with van der Waals surface area (Å²) in [5, 5.41) is 5.21. The van der Waals surface area contributed by atoms with Gasteiger partial charge in [0.2, 0.25) is 5.95 Å². The lowest BCUT2D eigenvalue weighted by atomic mass is 10.3. The van der Waals surface area contributed by atoms with E-state index in [-0.39, 0.29) is 0 Å². The molecule has 0 unspecified atom stereocenters. The van der Waals surface area contributed by atoms with Gasteiger partial charge in [0.25, 0.3) is 0 Å². The van der Waals surface area contributed by atoms with E-state index in [1.165, 1.54) is 5.70 Å². The van der Waals surface area contributed by atoms with Crippen molar-refractivity contribution in [2.45, 2.75) is 13.3 Å². The summed E-state index contributed by atoms with van der Waals surface area (Å²) < 4.78 is 0. The molecule has 0 radical (unpaired) electrons. The zero-order chi connectivity index (χ0) is 18.6. The fourth-order valence-electron chi connectivity index (χ4n) is 3.34. The zero-order valence-electron chi connectivity index (χ0n) is 15.9. The summed E-state index contributed by atoms with van der Waals surface area (Å²) in [5.41, 5.74) is 5.68. The number of nitrogens with one attached hydrogen (secondary N) is 2. The fourth-order valence-corrected chi connectivity index (χ4v) is 3.34. The quantitative estimate of drug-likeness (QED) is 0.832. The summed E-state index contributed by atoms with van der Waals surface area (Å²) in [6, 6.07) is 5.98. The first-order valence-electron chi connectivity index (χ1n) is 9.45. The van der Waals surface area contributed by atoms with Crippen LogP contribution < -0.4 is 20.7 Å². The third-order valence-corrected chi connectivity index (χ3v) is 4.96. The normalized spacial score (nSPS) is 17.9. The van der Waals surface area contributed by atoms with Crippen LogP contribution in [0.3, 0.4) is 0 Å². The molecule has 2 aliphatic rings. The standard InChI is InChI=1S/C19H26N8/c1-3-15-6-9-22-27(15)18-7-8-20-19(24-18)23-17-5-4-16(14-21-17)26-12-10-25(2)11-13-26/h4-8,14,22H,3,9-13H2,1-2H3,(H,20,21,23,24). The molecular weight excluding hydrogens is 340 g/mol. The maximum Gasteiger partial charge on any atom is 0.230 e. The summed E-state index contributed by atoms with van der Waals surface area (Å²) in [4.78, 5) is 18.2. The molecule has 2 aliphatic heterocycles. The van der Waals surface area contributed by atoms with Crippen LogP contribution in [0, 0.1) is 0 Å². The highest BCUT2D eigenvalue weighted by Crippen LogP contribution is 2.22. The highest BCUT2D eigenvalue weighted by atomic mass is 15.5. The molecule has 27 heavy (non-hydrogen) atoms. The monoisotopic (exact) mass is 366 g/mol. The second-order valence-electron chi connectivity index (χ2n) is 6.80. The number of allylic oxidation sites excluding steroid dienone is 1. The highest BCUT2D eigenvalue weighted by molar-refractivity contribution is 5.56. The first-order chi connectivity index (χ1) is 13.2. The Morgan fingerprint density at radius 1 is 1.11 bits per heavy atom. The Bertz CT molecular complexity index is 796. The number of hydrogen-bond acceptors (Lipinski definition) is 8. The zero-order valence-corrected chi connectivity index (χ0v) is 15.9. The van der Waals surface area contributed by atoms with Crippen molar-refractivity contribution < 1.29 is 0 Å². The molecule has 8 heteroatoms. The van der Waals surface area contributed by atoms with Crippen LogP contribution in [-0.2, 0) is 0 Å². The maximum absolute atomic E-state index is 4.61. The topological polar surface area (TPSA) is 72.5 Å². The van der Waals surface area contributed by atoms with Crippen LogP contribution in [0.15, 0.2) is 42.4 Å². The van der Waals surface area contributed by atoms with E-state index in [4.69, 9.17) is 0 Å². The molecule has 0 amide bonds. The molecule has 0 atom stereocenters. The lowest BCUT2D eigenvalue weighted by Crippen LogP contribution is -2.44. The maximum atomic E-state index is 4.61. The van der Waals surface area contributed by atoms with Gasteiger partial charge in [-0.1, -0.05) is 6.92 Å². The van der Waals surface area contributed by atoms with Gasteiger partial charge < -0.3 is 15.1 Å². The Kier molecular flexibility index (Phi) is 5.17. The lowest BCUT2D eigenvalue weighted by Gasteiger charge is -2.33. The van der Waals surface area contributed by atoms with E-state index in [0.717, 1.165) is 56.5 Å². The Balaban J connectivity index is 1.43. The summed E-state index contributed by atoms with van der Waals surface area (Å²) in [7, 11) is 2.16. The Hall–Kier alpha value is -2.71. The molecule has 142 valence electrons. The molecule has 8 nitrogen and oxygen atoms in total. The van der Waals surface area contributed by atoms with Crippen molar-refractivity contribution in [1.82, 2.24) is 25.3 Å². The van der Waals surface area contributed by atoms with E-state index in [2.05, 4.69) is 61.6 Å². The average Bonchev–Trinajstić information content (AvgIpc) is 3.18. The van der Waals surface area contributed by atoms with Crippen LogP contribution in [0.2, 0.25) is 0 Å². The van der Waals surface area contributed by atoms with Gasteiger partial charge in [-0.15, -0.1) is 0 Å². The lowest BCUT2D eigenvalue weighted by molar-refractivity contribution is 0.313. The molecule has 2 aromatic rings. The molecule has 0 aromatic carbocycles. The number of anilines is 4. The van der Waals surface area contributed by atoms with Crippen LogP contribution in [0.4, 0.5) is 23.3 Å². The van der Waals surface area contributed by atoms with Gasteiger partial charge in [-0.25, -0.2) is 15.4 Å². The van der Waals surface area contributed by atoms with E-state index in [1.807, 2.05) is 23.3 Å². The molecule has 4 rings (SSSR count). The second-order valence-corrected chi connectivity index (χ2v) is 6.80. The molecule has 0 aliphatic carbocycles. The van der Waals surface area contributed by atoms with E-state index in [9.17, 15) is 0 Å². The average molecular weight is 366 g/mol. The van der Waals surface area contributed by atoms with Crippen LogP contribution in [0.25, 0.3) is 0 Å². The number of rotatable bonds is 5. The molecule has 2 N–H and O–H groups in total. The molecule has 0 spiro atoms. The molecule has 1 saturated heterocycles. The van der Waals surface area contributed by atoms with Crippen molar-refractivity contribution in [3.8, 4) is 0 Å². The minimum atomic E-state index is 0.538. The smallest absolute Gasteiger partial charge is 0.230 e. The number of aromatic nitrogens is 3. The summed E-state index contributed by atoms with van der Waals surface area (Å²) in [6.45, 7) is 7.19. The number of hydrazine groups is 1. The SMILES string of the molecule is CCC1=CCNN1c1ccnc(Nc2ccc(N3CCN(C)CC3)cn2)n1. The molecule has 4 heterocycles. The molecule has 0 bridgehead atoms. The van der Waals surface area contributed by atoms with Gasteiger partial charge in [-0.05, 0) is 31.7 Å². The van der Waals surface area contributed by atoms with E-state index in [0.29, 0.717) is 5.95 Å². The van der Waals surface area contributed by atoms with Crippen LogP contribution in [-0.4, -0.2) is 59.6 Å². The van der Waals surface area contributed by atoms with Gasteiger partial charge in [0.1, 0.15) is 5.82 Å². The van der Waals surface area contributed by atoms with Crippen molar-refractivity contribution in [3.63, 3.8) is 0 Å². The first kappa shape index (κ1) is 17.7. The van der Waals surface area contributed by atoms with Crippen molar-refractivity contribution in [3.05, 3.63) is 42.4 Å². The minimum absolute atomic E-state index is 0.538. The van der Waals surface area contributed by atoms with Crippen molar-refractivity contribution in [2.24, 2.45) is 0 Å². The van der Waals surface area contributed by atoms with E-state index >= 15 is 0 Å². The largest absolute Gasteiger partial charge is 0.368 e. The van der Waals surface area contributed by atoms with Gasteiger partial charge in [0, 0.05) is 50.7 Å².